The highest BCUT2D eigenvalue weighted by atomic mass is 16.5. The van der Waals surface area contributed by atoms with Crippen LogP contribution in [0.3, 0.4) is 0 Å². The molecule has 0 N–H and O–H groups in total. The van der Waals surface area contributed by atoms with E-state index in [-0.39, 0.29) is 24.0 Å². The van der Waals surface area contributed by atoms with Crippen molar-refractivity contribution in [3.63, 3.8) is 0 Å². The molecule has 140 valence electrons. The molecule has 0 aromatic carbocycles. The fraction of sp³-hybridized carbons (Fsp3) is 0.824. The van der Waals surface area contributed by atoms with Gasteiger partial charge >= 0.3 is 0 Å². The third-order valence-corrected chi connectivity index (χ3v) is 4.47. The van der Waals surface area contributed by atoms with Crippen LogP contribution in [0.4, 0.5) is 0 Å². The Labute approximate surface area is 147 Å². The topological polar surface area (TPSA) is 86.9 Å². The molecule has 8 heteroatoms. The van der Waals surface area contributed by atoms with Crippen molar-refractivity contribution in [3.05, 3.63) is 11.8 Å². The van der Waals surface area contributed by atoms with E-state index < -0.39 is 0 Å². The molecule has 1 amide bonds. The molecular formula is C17H27N3O5. The van der Waals surface area contributed by atoms with Gasteiger partial charge in [0, 0.05) is 19.1 Å². The second-order valence-corrected chi connectivity index (χ2v) is 6.77. The highest BCUT2D eigenvalue weighted by Gasteiger charge is 2.32. The number of aromatic nitrogens is 2. The van der Waals surface area contributed by atoms with Crippen molar-refractivity contribution in [2.75, 3.05) is 39.6 Å². The van der Waals surface area contributed by atoms with Crippen molar-refractivity contribution in [2.24, 2.45) is 0 Å². The molecule has 25 heavy (non-hydrogen) atoms. The van der Waals surface area contributed by atoms with E-state index >= 15 is 0 Å². The van der Waals surface area contributed by atoms with Crippen molar-refractivity contribution >= 4 is 5.91 Å². The molecule has 2 aliphatic heterocycles. The Kier molecular flexibility index (Phi) is 6.39. The standard InChI is InChI=1S/C17H27N3O5/c1-12(2)16-18-19-17(25-16)14-11-23-9-6-20(14)15(21)5-8-22-10-13-4-3-7-24-13/h12-14H,3-11H2,1-2H3/t13-,14+/m0/s1. The van der Waals surface area contributed by atoms with Crippen LogP contribution in [0, 0.1) is 0 Å². The number of hydrogen-bond acceptors (Lipinski definition) is 7. The highest BCUT2D eigenvalue weighted by Crippen LogP contribution is 2.25. The average molecular weight is 353 g/mol. The van der Waals surface area contributed by atoms with Crippen LogP contribution < -0.4 is 0 Å². The fourth-order valence-electron chi connectivity index (χ4n) is 3.01. The molecule has 3 heterocycles. The predicted octanol–water partition coefficient (Wildman–Crippen LogP) is 1.68. The van der Waals surface area contributed by atoms with Gasteiger partial charge in [0.15, 0.2) is 0 Å². The van der Waals surface area contributed by atoms with Gasteiger partial charge in [-0.1, -0.05) is 13.8 Å². The maximum atomic E-state index is 12.6. The number of amides is 1. The van der Waals surface area contributed by atoms with E-state index in [4.69, 9.17) is 18.6 Å². The van der Waals surface area contributed by atoms with Gasteiger partial charge in [-0.25, -0.2) is 0 Å². The Morgan fingerprint density at radius 3 is 2.96 bits per heavy atom. The van der Waals surface area contributed by atoms with Crippen LogP contribution in [0.5, 0.6) is 0 Å². The molecular weight excluding hydrogens is 326 g/mol. The van der Waals surface area contributed by atoms with Crippen LogP contribution in [-0.2, 0) is 19.0 Å². The van der Waals surface area contributed by atoms with Crippen LogP contribution in [0.25, 0.3) is 0 Å². The van der Waals surface area contributed by atoms with Crippen molar-refractivity contribution in [1.29, 1.82) is 0 Å². The summed E-state index contributed by atoms with van der Waals surface area (Å²) in [6.07, 6.45) is 2.63. The summed E-state index contributed by atoms with van der Waals surface area (Å²) < 4.78 is 22.3. The molecule has 2 atom stereocenters. The molecule has 0 aliphatic carbocycles. The lowest BCUT2D eigenvalue weighted by molar-refractivity contribution is -0.142. The first-order valence-electron chi connectivity index (χ1n) is 9.05. The van der Waals surface area contributed by atoms with E-state index in [1.807, 2.05) is 13.8 Å². The van der Waals surface area contributed by atoms with Gasteiger partial charge in [0.2, 0.25) is 17.7 Å². The summed E-state index contributed by atoms with van der Waals surface area (Å²) in [5.74, 6) is 1.19. The highest BCUT2D eigenvalue weighted by molar-refractivity contribution is 5.76. The zero-order valence-corrected chi connectivity index (χ0v) is 15.0. The van der Waals surface area contributed by atoms with E-state index in [9.17, 15) is 4.79 Å². The molecule has 0 bridgehead atoms. The van der Waals surface area contributed by atoms with Crippen LogP contribution >= 0.6 is 0 Å². The summed E-state index contributed by atoms with van der Waals surface area (Å²) in [4.78, 5) is 14.3. The molecule has 0 saturated carbocycles. The second kappa shape index (κ2) is 8.73. The van der Waals surface area contributed by atoms with Crippen LogP contribution in [0.15, 0.2) is 4.42 Å². The largest absolute Gasteiger partial charge is 0.423 e. The minimum atomic E-state index is -0.320. The number of nitrogens with zero attached hydrogens (tertiary/aromatic N) is 3. The lowest BCUT2D eigenvalue weighted by atomic mass is 10.2. The number of morpholine rings is 1. The van der Waals surface area contributed by atoms with E-state index in [1.165, 1.54) is 0 Å². The molecule has 2 saturated heterocycles. The number of carbonyl (C=O) groups excluding carboxylic acids is 1. The van der Waals surface area contributed by atoms with E-state index in [1.54, 1.807) is 4.90 Å². The lowest BCUT2D eigenvalue weighted by Gasteiger charge is -2.33. The second-order valence-electron chi connectivity index (χ2n) is 6.77. The summed E-state index contributed by atoms with van der Waals surface area (Å²) in [6.45, 7) is 7.16. The van der Waals surface area contributed by atoms with Crippen molar-refractivity contribution in [1.82, 2.24) is 15.1 Å². The van der Waals surface area contributed by atoms with Crippen molar-refractivity contribution < 1.29 is 23.4 Å². The van der Waals surface area contributed by atoms with Crippen LogP contribution in [-0.4, -0.2) is 66.7 Å². The molecule has 1 aromatic rings. The molecule has 1 aromatic heterocycles. The fourth-order valence-corrected chi connectivity index (χ4v) is 3.01. The Bertz CT molecular complexity index is 556. The Balaban J connectivity index is 1.51. The number of hydrogen-bond donors (Lipinski definition) is 0. The van der Waals surface area contributed by atoms with Gasteiger partial charge in [0.1, 0.15) is 6.04 Å². The normalized spacial score (nSPS) is 24.2. The smallest absolute Gasteiger partial charge is 0.241 e. The maximum absolute atomic E-state index is 12.6. The SMILES string of the molecule is CC(C)c1nnc([C@H]2COCCN2C(=O)CCOC[C@@H]2CCCO2)o1. The van der Waals surface area contributed by atoms with Crippen molar-refractivity contribution in [3.8, 4) is 0 Å². The predicted molar refractivity (Wildman–Crippen MR) is 88.1 cm³/mol. The maximum Gasteiger partial charge on any atom is 0.241 e. The minimum Gasteiger partial charge on any atom is -0.423 e. The lowest BCUT2D eigenvalue weighted by Crippen LogP contribution is -2.43. The summed E-state index contributed by atoms with van der Waals surface area (Å²) >= 11 is 0. The van der Waals surface area contributed by atoms with E-state index in [0.29, 0.717) is 51.2 Å². The zero-order chi connectivity index (χ0) is 17.6. The number of rotatable bonds is 7. The van der Waals surface area contributed by atoms with Crippen molar-refractivity contribution in [2.45, 2.75) is 51.2 Å². The van der Waals surface area contributed by atoms with Gasteiger partial charge < -0.3 is 23.5 Å². The minimum absolute atomic E-state index is 0.0185. The quantitative estimate of drug-likeness (QED) is 0.689. The molecule has 0 spiro atoms. The van der Waals surface area contributed by atoms with Gasteiger partial charge in [-0.15, -0.1) is 10.2 Å². The van der Waals surface area contributed by atoms with Gasteiger partial charge in [-0.2, -0.15) is 0 Å². The molecule has 0 unspecified atom stereocenters. The van der Waals surface area contributed by atoms with E-state index in [2.05, 4.69) is 10.2 Å². The van der Waals surface area contributed by atoms with Gasteiger partial charge in [0.05, 0.1) is 39.0 Å². The van der Waals surface area contributed by atoms with Gasteiger partial charge in [-0.05, 0) is 12.8 Å². The first-order chi connectivity index (χ1) is 12.1. The Hall–Kier alpha value is -1.51. The molecule has 2 fully saturated rings. The summed E-state index contributed by atoms with van der Waals surface area (Å²) in [6, 6.07) is -0.320. The van der Waals surface area contributed by atoms with Gasteiger partial charge in [-0.3, -0.25) is 4.79 Å². The molecule has 8 nitrogen and oxygen atoms in total. The first-order valence-corrected chi connectivity index (χ1v) is 9.05. The van der Waals surface area contributed by atoms with Gasteiger partial charge in [0.25, 0.3) is 0 Å². The molecule has 2 aliphatic rings. The number of ether oxygens (including phenoxy) is 3. The summed E-state index contributed by atoms with van der Waals surface area (Å²) in [5, 5.41) is 8.16. The first kappa shape index (κ1) is 18.3. The Morgan fingerprint density at radius 1 is 1.36 bits per heavy atom. The van der Waals surface area contributed by atoms with Crippen LogP contribution in [0.1, 0.15) is 56.9 Å². The monoisotopic (exact) mass is 353 g/mol. The third-order valence-electron chi connectivity index (χ3n) is 4.47. The number of carbonyl (C=O) groups is 1. The van der Waals surface area contributed by atoms with Crippen LogP contribution in [0.2, 0.25) is 0 Å². The molecule has 3 rings (SSSR count). The molecule has 0 radical (unpaired) electrons. The third kappa shape index (κ3) is 4.77. The van der Waals surface area contributed by atoms with E-state index in [0.717, 1.165) is 19.4 Å². The summed E-state index contributed by atoms with van der Waals surface area (Å²) in [7, 11) is 0. The summed E-state index contributed by atoms with van der Waals surface area (Å²) in [5.41, 5.74) is 0. The zero-order valence-electron chi connectivity index (χ0n) is 15.0. The average Bonchev–Trinajstić information content (AvgIpc) is 3.30. The Morgan fingerprint density at radius 2 is 2.24 bits per heavy atom.